The van der Waals surface area contributed by atoms with Crippen molar-refractivity contribution in [3.05, 3.63) is 40.9 Å². The summed E-state index contributed by atoms with van der Waals surface area (Å²) in [4.78, 5) is 14.9. The molecule has 0 amide bonds. The van der Waals surface area contributed by atoms with Crippen molar-refractivity contribution in [2.75, 3.05) is 6.61 Å². The topological polar surface area (TPSA) is 48.4 Å². The smallest absolute Gasteiger partial charge is 0.434 e. The van der Waals surface area contributed by atoms with Gasteiger partial charge in [-0.2, -0.15) is 18.2 Å². The van der Waals surface area contributed by atoms with Gasteiger partial charge in [0.15, 0.2) is 5.69 Å². The van der Waals surface area contributed by atoms with Gasteiger partial charge in [-0.3, -0.25) is 0 Å². The largest absolute Gasteiger partial charge is 0.462 e. The molecule has 112 valence electrons. The summed E-state index contributed by atoms with van der Waals surface area (Å²) in [6.07, 6.45) is -4.51. The van der Waals surface area contributed by atoms with Crippen molar-refractivity contribution in [2.24, 2.45) is 0 Å². The Labute approximate surface area is 122 Å². The van der Waals surface area contributed by atoms with Crippen molar-refractivity contribution >= 4 is 17.3 Å². The Morgan fingerprint density at radius 1 is 1.38 bits per heavy atom. The number of hydrogen-bond donors (Lipinski definition) is 0. The van der Waals surface area contributed by atoms with Crippen LogP contribution in [0.4, 0.5) is 13.2 Å². The summed E-state index contributed by atoms with van der Waals surface area (Å²) in [5, 5.41) is 0.716. The highest BCUT2D eigenvalue weighted by molar-refractivity contribution is 7.11. The van der Waals surface area contributed by atoms with Crippen LogP contribution >= 0.6 is 11.3 Å². The zero-order valence-electron chi connectivity index (χ0n) is 10.8. The maximum atomic E-state index is 12.4. The Hall–Kier alpha value is -2.09. The molecule has 4 nitrogen and oxygen atoms in total. The van der Waals surface area contributed by atoms with E-state index in [9.17, 15) is 18.0 Å². The first kappa shape index (κ1) is 15.3. The van der Waals surface area contributed by atoms with E-state index >= 15 is 0 Å². The van der Waals surface area contributed by atoms with E-state index in [-0.39, 0.29) is 23.1 Å². The van der Waals surface area contributed by atoms with Crippen LogP contribution in [0.5, 0.6) is 10.9 Å². The van der Waals surface area contributed by atoms with Crippen LogP contribution in [0.3, 0.4) is 0 Å². The van der Waals surface area contributed by atoms with Crippen LogP contribution < -0.4 is 4.74 Å². The zero-order valence-corrected chi connectivity index (χ0v) is 11.6. The lowest BCUT2D eigenvalue weighted by atomic mass is 10.2. The molecule has 0 saturated heterocycles. The molecule has 2 aromatic rings. The number of hydrogen-bond acceptors (Lipinski definition) is 5. The average Bonchev–Trinajstić information content (AvgIpc) is 2.88. The standard InChI is InChI=1S/C13H10F3NO3S/c1-2-19-11(18)8-4-3-5-9(6-8)20-12-17-10(7-21-12)13(14,15)16/h3-7H,2H2,1H3. The minimum Gasteiger partial charge on any atom is -0.462 e. The summed E-state index contributed by atoms with van der Waals surface area (Å²) in [5.41, 5.74) is -0.758. The van der Waals surface area contributed by atoms with Crippen LogP contribution in [-0.4, -0.2) is 17.6 Å². The van der Waals surface area contributed by atoms with Crippen molar-refractivity contribution in [1.29, 1.82) is 0 Å². The van der Waals surface area contributed by atoms with E-state index in [2.05, 4.69) is 4.98 Å². The summed E-state index contributed by atoms with van der Waals surface area (Å²) in [5.74, 6) is -0.318. The first-order valence-corrected chi connectivity index (χ1v) is 6.76. The highest BCUT2D eigenvalue weighted by Crippen LogP contribution is 2.34. The number of nitrogens with zero attached hydrogens (tertiary/aromatic N) is 1. The van der Waals surface area contributed by atoms with Crippen LogP contribution in [0.25, 0.3) is 0 Å². The Kier molecular flexibility index (Phi) is 4.46. The summed E-state index contributed by atoms with van der Waals surface area (Å²) < 4.78 is 47.3. The van der Waals surface area contributed by atoms with Crippen LogP contribution in [0, 0.1) is 0 Å². The molecule has 0 aliphatic rings. The van der Waals surface area contributed by atoms with E-state index < -0.39 is 17.8 Å². The number of esters is 1. The molecular formula is C13H10F3NO3S. The molecule has 1 aromatic carbocycles. The number of carbonyl (C=O) groups excluding carboxylic acids is 1. The highest BCUT2D eigenvalue weighted by Gasteiger charge is 2.34. The van der Waals surface area contributed by atoms with E-state index in [4.69, 9.17) is 9.47 Å². The number of ether oxygens (including phenoxy) is 2. The zero-order chi connectivity index (χ0) is 15.5. The molecule has 0 atom stereocenters. The number of aromatic nitrogens is 1. The molecule has 0 saturated carbocycles. The van der Waals surface area contributed by atoms with Gasteiger partial charge in [0.25, 0.3) is 5.19 Å². The van der Waals surface area contributed by atoms with Gasteiger partial charge in [-0.25, -0.2) is 4.79 Å². The van der Waals surface area contributed by atoms with Crippen molar-refractivity contribution in [3.8, 4) is 10.9 Å². The van der Waals surface area contributed by atoms with Crippen molar-refractivity contribution in [2.45, 2.75) is 13.1 Å². The molecule has 0 bridgehead atoms. The van der Waals surface area contributed by atoms with Gasteiger partial charge in [-0.05, 0) is 25.1 Å². The summed E-state index contributed by atoms with van der Waals surface area (Å²) in [6.45, 7) is 1.90. The molecule has 0 unspecified atom stereocenters. The van der Waals surface area contributed by atoms with Crippen LogP contribution in [0.15, 0.2) is 29.6 Å². The third kappa shape index (κ3) is 3.94. The molecule has 0 aliphatic carbocycles. The van der Waals surface area contributed by atoms with Gasteiger partial charge in [0.2, 0.25) is 0 Å². The first-order valence-electron chi connectivity index (χ1n) is 5.88. The summed E-state index contributed by atoms with van der Waals surface area (Å²) in [6, 6.07) is 5.96. The number of halogens is 3. The Morgan fingerprint density at radius 2 is 2.14 bits per heavy atom. The number of rotatable bonds is 4. The first-order chi connectivity index (χ1) is 9.90. The predicted octanol–water partition coefficient (Wildman–Crippen LogP) is 4.13. The second-order valence-corrected chi connectivity index (χ2v) is 4.67. The number of carbonyl (C=O) groups is 1. The molecule has 0 N–H and O–H groups in total. The summed E-state index contributed by atoms with van der Waals surface area (Å²) >= 11 is 0.726. The van der Waals surface area contributed by atoms with Gasteiger partial charge in [-0.1, -0.05) is 17.4 Å². The molecule has 1 heterocycles. The van der Waals surface area contributed by atoms with Gasteiger partial charge in [-0.15, -0.1) is 0 Å². The third-order valence-electron chi connectivity index (χ3n) is 2.32. The lowest BCUT2D eigenvalue weighted by molar-refractivity contribution is -0.140. The quantitative estimate of drug-likeness (QED) is 0.796. The lowest BCUT2D eigenvalue weighted by Crippen LogP contribution is -2.05. The third-order valence-corrected chi connectivity index (χ3v) is 3.04. The van der Waals surface area contributed by atoms with Crippen LogP contribution in [-0.2, 0) is 10.9 Å². The van der Waals surface area contributed by atoms with E-state index in [1.165, 1.54) is 18.2 Å². The van der Waals surface area contributed by atoms with E-state index in [0.717, 1.165) is 16.7 Å². The molecule has 0 spiro atoms. The Morgan fingerprint density at radius 3 is 2.76 bits per heavy atom. The molecule has 0 aliphatic heterocycles. The Bertz CT molecular complexity index is 640. The Balaban J connectivity index is 2.15. The van der Waals surface area contributed by atoms with Gasteiger partial charge < -0.3 is 9.47 Å². The molecule has 0 radical (unpaired) electrons. The maximum Gasteiger partial charge on any atom is 0.434 e. The van der Waals surface area contributed by atoms with E-state index in [0.29, 0.717) is 0 Å². The second kappa shape index (κ2) is 6.13. The molecule has 2 rings (SSSR count). The molecule has 21 heavy (non-hydrogen) atoms. The number of thiazole rings is 1. The normalized spacial score (nSPS) is 11.2. The van der Waals surface area contributed by atoms with Crippen molar-refractivity contribution < 1.29 is 27.4 Å². The van der Waals surface area contributed by atoms with Gasteiger partial charge in [0.05, 0.1) is 12.2 Å². The molecular weight excluding hydrogens is 307 g/mol. The number of alkyl halides is 3. The number of benzene rings is 1. The van der Waals surface area contributed by atoms with E-state index in [1.54, 1.807) is 13.0 Å². The molecule has 8 heteroatoms. The fourth-order valence-corrected chi connectivity index (χ4v) is 2.13. The van der Waals surface area contributed by atoms with Gasteiger partial charge >= 0.3 is 12.1 Å². The summed E-state index contributed by atoms with van der Waals surface area (Å²) in [7, 11) is 0. The highest BCUT2D eigenvalue weighted by atomic mass is 32.1. The van der Waals surface area contributed by atoms with Gasteiger partial charge in [0.1, 0.15) is 5.75 Å². The fourth-order valence-electron chi connectivity index (χ4n) is 1.44. The van der Waals surface area contributed by atoms with Crippen LogP contribution in [0.1, 0.15) is 23.0 Å². The van der Waals surface area contributed by atoms with Crippen LogP contribution in [0.2, 0.25) is 0 Å². The van der Waals surface area contributed by atoms with Gasteiger partial charge in [0, 0.05) is 5.38 Å². The second-order valence-electron chi connectivity index (χ2n) is 3.85. The maximum absolute atomic E-state index is 12.4. The minimum atomic E-state index is -4.51. The average molecular weight is 317 g/mol. The SMILES string of the molecule is CCOC(=O)c1cccc(Oc2nc(C(F)(F)F)cs2)c1. The molecule has 1 aromatic heterocycles. The predicted molar refractivity (Wildman–Crippen MR) is 69.6 cm³/mol. The van der Waals surface area contributed by atoms with E-state index in [1.807, 2.05) is 0 Å². The lowest BCUT2D eigenvalue weighted by Gasteiger charge is -2.05. The van der Waals surface area contributed by atoms with Crippen molar-refractivity contribution in [3.63, 3.8) is 0 Å². The minimum absolute atomic E-state index is 0.150. The monoisotopic (exact) mass is 317 g/mol. The molecule has 0 fully saturated rings. The fraction of sp³-hybridized carbons (Fsp3) is 0.231. The van der Waals surface area contributed by atoms with Crippen molar-refractivity contribution in [1.82, 2.24) is 4.98 Å².